The molecule has 0 aliphatic carbocycles. The summed E-state index contributed by atoms with van der Waals surface area (Å²) < 4.78 is 3.40. The van der Waals surface area contributed by atoms with E-state index in [-0.39, 0.29) is 0 Å². The van der Waals surface area contributed by atoms with Crippen molar-refractivity contribution in [3.05, 3.63) is 29.3 Å². The first-order valence-corrected chi connectivity index (χ1v) is 7.78. The lowest BCUT2D eigenvalue weighted by molar-refractivity contribution is 1.13. The highest BCUT2D eigenvalue weighted by Gasteiger charge is 2.07. The molecule has 0 amide bonds. The summed E-state index contributed by atoms with van der Waals surface area (Å²) >= 11 is 4.77. The van der Waals surface area contributed by atoms with Crippen LogP contribution in [-0.2, 0) is 0 Å². The van der Waals surface area contributed by atoms with E-state index in [0.29, 0.717) is 0 Å². The number of halogens is 2. The van der Waals surface area contributed by atoms with Gasteiger partial charge in [0.2, 0.25) is 0 Å². The second kappa shape index (κ2) is 7.47. The van der Waals surface area contributed by atoms with Gasteiger partial charge in [-0.25, -0.2) is 0 Å². The van der Waals surface area contributed by atoms with E-state index in [0.717, 1.165) is 17.5 Å². The summed E-state index contributed by atoms with van der Waals surface area (Å²) in [5, 5.41) is 0. The Labute approximate surface area is 125 Å². The van der Waals surface area contributed by atoms with Crippen molar-refractivity contribution in [3.8, 4) is 0 Å². The first-order chi connectivity index (χ1) is 7.70. The van der Waals surface area contributed by atoms with Crippen LogP contribution in [0.5, 0.6) is 0 Å². The topological polar surface area (TPSA) is 15.6 Å². The normalized spacial score (nSPS) is 11.0. The zero-order chi connectivity index (χ0) is 12.0. The van der Waals surface area contributed by atoms with Crippen molar-refractivity contribution in [3.63, 3.8) is 0 Å². The molecule has 1 aromatic rings. The Bertz CT molecular complexity index is 364. The Balaban J connectivity index is 2.98. The number of hydrogen-bond donors (Lipinski definition) is 0. The molecule has 88 valence electrons. The highest BCUT2D eigenvalue weighted by atomic mass is 127. The molecule has 0 N–H and O–H groups in total. The Kier molecular flexibility index (Phi) is 6.64. The van der Waals surface area contributed by atoms with Gasteiger partial charge in [0.05, 0.1) is 22.9 Å². The summed E-state index contributed by atoms with van der Waals surface area (Å²) in [5.41, 5.74) is 3.81. The van der Waals surface area contributed by atoms with Crippen LogP contribution < -0.4 is 3.11 Å². The van der Waals surface area contributed by atoms with E-state index >= 15 is 0 Å². The molecule has 0 aromatic heterocycles. The summed E-state index contributed by atoms with van der Waals surface area (Å²) in [6.07, 6.45) is 1.97. The van der Waals surface area contributed by atoms with E-state index in [1.54, 1.807) is 0 Å². The molecule has 0 fully saturated rings. The first-order valence-electron chi connectivity index (χ1n) is 5.29. The molecule has 0 unspecified atom stereocenters. The van der Waals surface area contributed by atoms with Crippen LogP contribution in [0, 0.1) is 6.92 Å². The van der Waals surface area contributed by atoms with Gasteiger partial charge >= 0.3 is 0 Å². The zero-order valence-electron chi connectivity index (χ0n) is 9.58. The maximum absolute atomic E-state index is 4.30. The SMILES string of the molecule is CC/N=C\c1cccc(N(I)CCI)c1C. The first kappa shape index (κ1) is 14.2. The molecule has 1 aromatic carbocycles. The molecular formula is C12H16I2N2. The third kappa shape index (κ3) is 3.87. The fourth-order valence-electron chi connectivity index (χ4n) is 1.43. The number of anilines is 1. The molecule has 2 nitrogen and oxygen atoms in total. The standard InChI is InChI=1S/C12H16I2N2/c1-3-15-9-11-5-4-6-12(10(11)2)16(14)8-7-13/h4-6,9H,3,7-8H2,1-2H3/b15-9-. The van der Waals surface area contributed by atoms with Gasteiger partial charge in [0.25, 0.3) is 0 Å². The van der Waals surface area contributed by atoms with E-state index in [2.05, 4.69) is 85.6 Å². The van der Waals surface area contributed by atoms with Gasteiger partial charge in [-0.3, -0.25) is 4.99 Å². The van der Waals surface area contributed by atoms with Crippen LogP contribution in [0.4, 0.5) is 5.69 Å². The van der Waals surface area contributed by atoms with E-state index in [4.69, 9.17) is 0 Å². The molecule has 0 atom stereocenters. The molecular weight excluding hydrogens is 426 g/mol. The van der Waals surface area contributed by atoms with Crippen molar-refractivity contribution >= 4 is 57.4 Å². The minimum atomic E-state index is 0.839. The molecule has 0 aliphatic heterocycles. The van der Waals surface area contributed by atoms with Gasteiger partial charge < -0.3 is 3.11 Å². The Hall–Kier alpha value is 0.150. The number of hydrogen-bond acceptors (Lipinski definition) is 2. The number of rotatable bonds is 5. The van der Waals surface area contributed by atoms with Gasteiger partial charge in [-0.2, -0.15) is 0 Å². The van der Waals surface area contributed by atoms with Gasteiger partial charge in [0.1, 0.15) is 0 Å². The van der Waals surface area contributed by atoms with Crippen molar-refractivity contribution in [2.75, 3.05) is 20.6 Å². The maximum Gasteiger partial charge on any atom is 0.0591 e. The number of nitrogens with zero attached hydrogens (tertiary/aromatic N) is 2. The van der Waals surface area contributed by atoms with E-state index in [1.807, 2.05) is 6.21 Å². The average Bonchev–Trinajstić information content (AvgIpc) is 2.28. The van der Waals surface area contributed by atoms with Gasteiger partial charge in [-0.05, 0) is 31.0 Å². The Morgan fingerprint density at radius 3 is 2.81 bits per heavy atom. The molecule has 16 heavy (non-hydrogen) atoms. The molecule has 0 spiro atoms. The monoisotopic (exact) mass is 442 g/mol. The summed E-state index contributed by atoms with van der Waals surface area (Å²) in [7, 11) is 0. The van der Waals surface area contributed by atoms with E-state index in [9.17, 15) is 0 Å². The lowest BCUT2D eigenvalue weighted by Crippen LogP contribution is -2.13. The second-order valence-corrected chi connectivity index (χ2v) is 5.64. The van der Waals surface area contributed by atoms with E-state index < -0.39 is 0 Å². The van der Waals surface area contributed by atoms with Gasteiger partial charge in [-0.15, -0.1) is 0 Å². The number of aliphatic imine (C=N–C) groups is 1. The zero-order valence-corrected chi connectivity index (χ0v) is 13.9. The number of benzene rings is 1. The van der Waals surface area contributed by atoms with Crippen LogP contribution in [0.1, 0.15) is 18.1 Å². The summed E-state index contributed by atoms with van der Waals surface area (Å²) in [5.74, 6) is 0. The second-order valence-electron chi connectivity index (χ2n) is 3.39. The molecule has 1 rings (SSSR count). The smallest absolute Gasteiger partial charge is 0.0591 e. The largest absolute Gasteiger partial charge is 0.314 e. The van der Waals surface area contributed by atoms with Crippen LogP contribution in [0.25, 0.3) is 0 Å². The van der Waals surface area contributed by atoms with Crippen molar-refractivity contribution in [2.24, 2.45) is 4.99 Å². The molecule has 0 aliphatic rings. The summed E-state index contributed by atoms with van der Waals surface area (Å²) in [6.45, 7) is 6.11. The van der Waals surface area contributed by atoms with Gasteiger partial charge in [0, 0.05) is 29.4 Å². The highest BCUT2D eigenvalue weighted by molar-refractivity contribution is 14.1. The van der Waals surface area contributed by atoms with Gasteiger partial charge in [-0.1, -0.05) is 34.7 Å². The Morgan fingerprint density at radius 1 is 1.44 bits per heavy atom. The fraction of sp³-hybridized carbons (Fsp3) is 0.417. The highest BCUT2D eigenvalue weighted by Crippen LogP contribution is 2.25. The predicted octanol–water partition coefficient (Wildman–Crippen LogP) is 4.03. The molecule has 0 heterocycles. The van der Waals surface area contributed by atoms with Crippen molar-refractivity contribution in [2.45, 2.75) is 13.8 Å². The molecule has 4 heteroatoms. The molecule has 0 bridgehead atoms. The van der Waals surface area contributed by atoms with E-state index in [1.165, 1.54) is 16.8 Å². The molecule has 0 radical (unpaired) electrons. The van der Waals surface area contributed by atoms with Crippen LogP contribution >= 0.6 is 45.5 Å². The quantitative estimate of drug-likeness (QED) is 0.291. The molecule has 0 saturated carbocycles. The van der Waals surface area contributed by atoms with Gasteiger partial charge in [0.15, 0.2) is 0 Å². The summed E-state index contributed by atoms with van der Waals surface area (Å²) in [4.78, 5) is 4.30. The van der Waals surface area contributed by atoms with Crippen LogP contribution in [0.3, 0.4) is 0 Å². The fourth-order valence-corrected chi connectivity index (χ4v) is 3.60. The third-order valence-corrected chi connectivity index (χ3v) is 3.79. The van der Waals surface area contributed by atoms with Crippen molar-refractivity contribution in [1.29, 1.82) is 0 Å². The maximum atomic E-state index is 4.30. The van der Waals surface area contributed by atoms with Crippen molar-refractivity contribution < 1.29 is 0 Å². The van der Waals surface area contributed by atoms with Crippen molar-refractivity contribution in [1.82, 2.24) is 0 Å². The third-order valence-electron chi connectivity index (χ3n) is 2.30. The molecule has 0 saturated heterocycles. The lowest BCUT2D eigenvalue weighted by atomic mass is 10.1. The minimum absolute atomic E-state index is 0.839. The summed E-state index contributed by atoms with van der Waals surface area (Å²) in [6, 6.07) is 6.38. The lowest BCUT2D eigenvalue weighted by Gasteiger charge is -2.18. The Morgan fingerprint density at radius 2 is 2.19 bits per heavy atom. The predicted molar refractivity (Wildman–Crippen MR) is 89.6 cm³/mol. The van der Waals surface area contributed by atoms with Crippen LogP contribution in [0.15, 0.2) is 23.2 Å². The number of alkyl halides is 1. The van der Waals surface area contributed by atoms with Crippen LogP contribution in [-0.4, -0.2) is 23.7 Å². The average molecular weight is 442 g/mol. The van der Waals surface area contributed by atoms with Crippen LogP contribution in [0.2, 0.25) is 0 Å². The minimum Gasteiger partial charge on any atom is -0.314 e.